The summed E-state index contributed by atoms with van der Waals surface area (Å²) in [6.07, 6.45) is 3.44. The molecule has 1 N–H and O–H groups in total. The molecule has 0 saturated heterocycles. The third-order valence-electron chi connectivity index (χ3n) is 3.46. The van der Waals surface area contributed by atoms with Crippen molar-refractivity contribution in [1.82, 2.24) is 15.0 Å². The number of aromatic nitrogens is 3. The normalized spacial score (nSPS) is 11.0. The second kappa shape index (κ2) is 5.87. The molecule has 0 fully saturated rings. The molecule has 0 spiro atoms. The van der Waals surface area contributed by atoms with E-state index in [9.17, 15) is 0 Å². The van der Waals surface area contributed by atoms with Crippen LogP contribution >= 0.6 is 0 Å². The van der Waals surface area contributed by atoms with Gasteiger partial charge in [0, 0.05) is 29.9 Å². The van der Waals surface area contributed by atoms with Crippen LogP contribution in [-0.4, -0.2) is 15.0 Å². The van der Waals surface area contributed by atoms with Crippen molar-refractivity contribution in [1.29, 1.82) is 0 Å². The highest BCUT2D eigenvalue weighted by Crippen LogP contribution is 2.18. The molecule has 3 aromatic rings. The number of pyridine rings is 1. The van der Waals surface area contributed by atoms with E-state index in [1.165, 1.54) is 0 Å². The van der Waals surface area contributed by atoms with Crippen molar-refractivity contribution in [3.05, 3.63) is 60.2 Å². The molecule has 0 aliphatic heterocycles. The van der Waals surface area contributed by atoms with Gasteiger partial charge >= 0.3 is 0 Å². The minimum Gasteiger partial charge on any atom is -0.366 e. The molecule has 106 valence electrons. The first-order chi connectivity index (χ1) is 10.2. The Morgan fingerprint density at radius 3 is 2.76 bits per heavy atom. The van der Waals surface area contributed by atoms with Crippen molar-refractivity contribution >= 4 is 16.7 Å². The zero-order chi connectivity index (χ0) is 14.7. The predicted molar refractivity (Wildman–Crippen MR) is 85.2 cm³/mol. The average Bonchev–Trinajstić information content (AvgIpc) is 2.53. The minimum atomic E-state index is 0.396. The molecule has 0 unspecified atom stereocenters. The lowest BCUT2D eigenvalue weighted by Gasteiger charge is -2.10. The van der Waals surface area contributed by atoms with E-state index in [0.29, 0.717) is 12.5 Å². The third kappa shape index (κ3) is 2.99. The van der Waals surface area contributed by atoms with Crippen molar-refractivity contribution in [2.45, 2.75) is 26.3 Å². The van der Waals surface area contributed by atoms with Crippen molar-refractivity contribution in [2.24, 2.45) is 0 Å². The van der Waals surface area contributed by atoms with E-state index in [4.69, 9.17) is 0 Å². The summed E-state index contributed by atoms with van der Waals surface area (Å²) >= 11 is 0. The lowest BCUT2D eigenvalue weighted by atomic mass is 10.1. The van der Waals surface area contributed by atoms with Gasteiger partial charge in [0.15, 0.2) is 0 Å². The summed E-state index contributed by atoms with van der Waals surface area (Å²) in [7, 11) is 0. The van der Waals surface area contributed by atoms with Crippen molar-refractivity contribution in [3.63, 3.8) is 0 Å². The summed E-state index contributed by atoms with van der Waals surface area (Å²) in [6, 6.07) is 12.3. The van der Waals surface area contributed by atoms with Crippen LogP contribution in [0.5, 0.6) is 0 Å². The zero-order valence-electron chi connectivity index (χ0n) is 12.2. The zero-order valence-corrected chi connectivity index (χ0v) is 12.2. The Balaban J connectivity index is 1.82. The van der Waals surface area contributed by atoms with Crippen LogP contribution in [0.4, 0.5) is 5.82 Å². The molecule has 1 aromatic carbocycles. The number of nitrogens with one attached hydrogen (secondary N) is 1. The molecule has 0 bridgehead atoms. The molecule has 0 saturated carbocycles. The standard InChI is InChI=1S/C17H18N4/c1-12(2)15-9-16(21-11-20-15)19-10-14-6-3-5-13-7-4-8-18-17(13)14/h3-9,11-12H,10H2,1-2H3,(H,19,20,21). The van der Waals surface area contributed by atoms with Crippen molar-refractivity contribution in [2.75, 3.05) is 5.32 Å². The van der Waals surface area contributed by atoms with Crippen LogP contribution in [0.25, 0.3) is 10.9 Å². The van der Waals surface area contributed by atoms with Gasteiger partial charge in [0.1, 0.15) is 12.1 Å². The SMILES string of the molecule is CC(C)c1cc(NCc2cccc3cccnc23)ncn1. The molecule has 0 radical (unpaired) electrons. The quantitative estimate of drug-likeness (QED) is 0.789. The first-order valence-electron chi connectivity index (χ1n) is 7.12. The van der Waals surface area contributed by atoms with Crippen molar-refractivity contribution in [3.8, 4) is 0 Å². The van der Waals surface area contributed by atoms with Gasteiger partial charge in [-0.15, -0.1) is 0 Å². The molecule has 0 amide bonds. The Labute approximate surface area is 124 Å². The van der Waals surface area contributed by atoms with Gasteiger partial charge in [-0.3, -0.25) is 4.98 Å². The Kier molecular flexibility index (Phi) is 3.77. The van der Waals surface area contributed by atoms with E-state index in [0.717, 1.165) is 28.0 Å². The highest BCUT2D eigenvalue weighted by molar-refractivity contribution is 5.81. The van der Waals surface area contributed by atoms with E-state index < -0.39 is 0 Å². The molecule has 0 atom stereocenters. The van der Waals surface area contributed by atoms with E-state index in [1.54, 1.807) is 6.33 Å². The van der Waals surface area contributed by atoms with Gasteiger partial charge in [-0.2, -0.15) is 0 Å². The first-order valence-corrected chi connectivity index (χ1v) is 7.12. The van der Waals surface area contributed by atoms with Gasteiger partial charge in [-0.05, 0) is 17.5 Å². The van der Waals surface area contributed by atoms with Gasteiger partial charge in [-0.1, -0.05) is 38.1 Å². The highest BCUT2D eigenvalue weighted by atomic mass is 15.0. The molecule has 0 aliphatic rings. The van der Waals surface area contributed by atoms with Gasteiger partial charge in [0.05, 0.1) is 5.52 Å². The molecule has 3 rings (SSSR count). The van der Waals surface area contributed by atoms with Crippen LogP contribution in [0.1, 0.15) is 31.0 Å². The Bertz CT molecular complexity index is 747. The topological polar surface area (TPSA) is 50.7 Å². The fraction of sp³-hybridized carbons (Fsp3) is 0.235. The fourth-order valence-electron chi connectivity index (χ4n) is 2.28. The third-order valence-corrected chi connectivity index (χ3v) is 3.46. The smallest absolute Gasteiger partial charge is 0.129 e. The highest BCUT2D eigenvalue weighted by Gasteiger charge is 2.05. The summed E-state index contributed by atoms with van der Waals surface area (Å²) in [6.45, 7) is 4.95. The molecule has 2 aromatic heterocycles. The summed E-state index contributed by atoms with van der Waals surface area (Å²) in [4.78, 5) is 13.0. The largest absolute Gasteiger partial charge is 0.366 e. The number of fused-ring (bicyclic) bond motifs is 1. The average molecular weight is 278 g/mol. The van der Waals surface area contributed by atoms with E-state index >= 15 is 0 Å². The number of benzene rings is 1. The number of rotatable bonds is 4. The second-order valence-corrected chi connectivity index (χ2v) is 5.33. The number of nitrogens with zero attached hydrogens (tertiary/aromatic N) is 3. The van der Waals surface area contributed by atoms with Crippen molar-refractivity contribution < 1.29 is 0 Å². The maximum Gasteiger partial charge on any atom is 0.129 e. The maximum absolute atomic E-state index is 4.47. The van der Waals surface area contributed by atoms with Crippen LogP contribution in [0.2, 0.25) is 0 Å². The summed E-state index contributed by atoms with van der Waals surface area (Å²) in [5, 5.41) is 4.51. The van der Waals surface area contributed by atoms with Crippen LogP contribution in [0.3, 0.4) is 0 Å². The molecule has 21 heavy (non-hydrogen) atoms. The lowest BCUT2D eigenvalue weighted by Crippen LogP contribution is -2.04. The molecular formula is C17H18N4. The number of para-hydroxylation sites is 1. The summed E-state index contributed by atoms with van der Waals surface area (Å²) < 4.78 is 0. The van der Waals surface area contributed by atoms with Crippen LogP contribution in [0, 0.1) is 0 Å². The van der Waals surface area contributed by atoms with Gasteiger partial charge in [0.25, 0.3) is 0 Å². The Morgan fingerprint density at radius 2 is 1.90 bits per heavy atom. The minimum absolute atomic E-state index is 0.396. The van der Waals surface area contributed by atoms with Gasteiger partial charge < -0.3 is 5.32 Å². The Morgan fingerprint density at radius 1 is 1.05 bits per heavy atom. The van der Waals surface area contributed by atoms with E-state index in [1.807, 2.05) is 18.3 Å². The Hall–Kier alpha value is -2.49. The van der Waals surface area contributed by atoms with Gasteiger partial charge in [-0.25, -0.2) is 9.97 Å². The summed E-state index contributed by atoms with van der Waals surface area (Å²) in [5.41, 5.74) is 3.24. The number of anilines is 1. The lowest BCUT2D eigenvalue weighted by molar-refractivity contribution is 0.814. The number of hydrogen-bond donors (Lipinski definition) is 1. The van der Waals surface area contributed by atoms with E-state index in [2.05, 4.69) is 58.4 Å². The molecule has 0 aliphatic carbocycles. The number of hydrogen-bond acceptors (Lipinski definition) is 4. The first kappa shape index (κ1) is 13.5. The molecule has 4 heteroatoms. The summed E-state index contributed by atoms with van der Waals surface area (Å²) in [5.74, 6) is 1.24. The molecule has 2 heterocycles. The van der Waals surface area contributed by atoms with Crippen LogP contribution < -0.4 is 5.32 Å². The molecule has 4 nitrogen and oxygen atoms in total. The fourth-order valence-corrected chi connectivity index (χ4v) is 2.28. The van der Waals surface area contributed by atoms with E-state index in [-0.39, 0.29) is 0 Å². The van der Waals surface area contributed by atoms with Crippen LogP contribution in [-0.2, 0) is 6.54 Å². The second-order valence-electron chi connectivity index (χ2n) is 5.33. The maximum atomic E-state index is 4.47. The van der Waals surface area contributed by atoms with Gasteiger partial charge in [0.2, 0.25) is 0 Å². The predicted octanol–water partition coefficient (Wildman–Crippen LogP) is 3.76. The molecular weight excluding hydrogens is 260 g/mol. The monoisotopic (exact) mass is 278 g/mol. The van der Waals surface area contributed by atoms with Crippen LogP contribution in [0.15, 0.2) is 48.9 Å².